The lowest BCUT2D eigenvalue weighted by atomic mass is 9.99. The molecule has 0 aromatic heterocycles. The van der Waals surface area contributed by atoms with E-state index < -0.39 is 108 Å². The summed E-state index contributed by atoms with van der Waals surface area (Å²) in [7, 11) is 0. The highest BCUT2D eigenvalue weighted by molar-refractivity contribution is 5.98. The number of carbonyl (C=O) groups is 9. The molecule has 1 aliphatic rings. The van der Waals surface area contributed by atoms with E-state index in [4.69, 9.17) is 22.9 Å². The summed E-state index contributed by atoms with van der Waals surface area (Å²) < 4.78 is 0. The van der Waals surface area contributed by atoms with Crippen molar-refractivity contribution in [2.24, 2.45) is 46.6 Å². The molecule has 0 aliphatic carbocycles. The zero-order valence-corrected chi connectivity index (χ0v) is 44.4. The molecule has 0 radical (unpaired) electrons. The van der Waals surface area contributed by atoms with Gasteiger partial charge in [-0.1, -0.05) is 81.1 Å². The third-order valence-electron chi connectivity index (χ3n) is 12.4. The van der Waals surface area contributed by atoms with Crippen LogP contribution in [-0.4, -0.2) is 145 Å². The van der Waals surface area contributed by atoms with Gasteiger partial charge in [-0.2, -0.15) is 0 Å². The molecule has 0 unspecified atom stereocenters. The summed E-state index contributed by atoms with van der Waals surface area (Å²) >= 11 is 0. The summed E-state index contributed by atoms with van der Waals surface area (Å²) in [6.45, 7) is 14.8. The molecule has 0 aromatic carbocycles. The van der Waals surface area contributed by atoms with Gasteiger partial charge >= 0.3 is 0 Å². The van der Waals surface area contributed by atoms with Gasteiger partial charge in [-0.3, -0.25) is 43.2 Å². The van der Waals surface area contributed by atoms with Crippen molar-refractivity contribution in [2.45, 2.75) is 200 Å². The molecule has 18 N–H and O–H groups in total. The van der Waals surface area contributed by atoms with E-state index in [0.29, 0.717) is 12.3 Å². The van der Waals surface area contributed by atoms with Crippen LogP contribution in [-0.2, 0) is 43.2 Å². The van der Waals surface area contributed by atoms with Gasteiger partial charge in [0.25, 0.3) is 0 Å². The van der Waals surface area contributed by atoms with Gasteiger partial charge in [-0.05, 0) is 108 Å². The molecule has 0 aromatic rings. The van der Waals surface area contributed by atoms with Crippen LogP contribution in [0.3, 0.4) is 0 Å². The smallest absolute Gasteiger partial charge is 0.243 e. The second-order valence-corrected chi connectivity index (χ2v) is 20.5. The number of hydrogen-bond donors (Lipinski definition) is 14. The minimum absolute atomic E-state index is 0.0355. The molecule has 1 rings (SSSR count). The highest BCUT2D eigenvalue weighted by atomic mass is 16.3. The van der Waals surface area contributed by atoms with Crippen LogP contribution in [0.1, 0.15) is 145 Å². The van der Waals surface area contributed by atoms with Crippen molar-refractivity contribution in [3.8, 4) is 0 Å². The van der Waals surface area contributed by atoms with Crippen molar-refractivity contribution >= 4 is 53.2 Å². The van der Waals surface area contributed by atoms with E-state index in [1.807, 2.05) is 41.5 Å². The maximum absolute atomic E-state index is 14.3. The number of amides is 9. The Morgan fingerprint density at radius 3 is 1.35 bits per heavy atom. The van der Waals surface area contributed by atoms with E-state index >= 15 is 0 Å². The maximum atomic E-state index is 14.3. The lowest BCUT2D eigenvalue weighted by Gasteiger charge is -2.29. The van der Waals surface area contributed by atoms with Gasteiger partial charge in [0.1, 0.15) is 48.3 Å². The van der Waals surface area contributed by atoms with Crippen LogP contribution >= 0.6 is 0 Å². The predicted octanol–water partition coefficient (Wildman–Crippen LogP) is -1.72. The number of rotatable bonds is 25. The summed E-state index contributed by atoms with van der Waals surface area (Å²) in [5.41, 5.74) is 23.5. The number of unbranched alkanes of at least 4 members (excludes halogenated alkanes) is 1. The van der Waals surface area contributed by atoms with Crippen LogP contribution in [0.2, 0.25) is 0 Å². The molecule has 72 heavy (non-hydrogen) atoms. The third kappa shape index (κ3) is 25.6. The van der Waals surface area contributed by atoms with Crippen LogP contribution in [0.25, 0.3) is 0 Å². The number of aliphatic hydroxyl groups excluding tert-OH is 1. The van der Waals surface area contributed by atoms with E-state index in [-0.39, 0.29) is 108 Å². The quantitative estimate of drug-likeness (QED) is 0.0453. The number of aliphatic hydroxyl groups is 1. The van der Waals surface area contributed by atoms with Gasteiger partial charge in [0.2, 0.25) is 53.2 Å². The molecule has 23 heteroatoms. The summed E-state index contributed by atoms with van der Waals surface area (Å²) in [5.74, 6) is -6.50. The van der Waals surface area contributed by atoms with Crippen molar-refractivity contribution in [1.82, 2.24) is 47.9 Å². The highest BCUT2D eigenvalue weighted by Gasteiger charge is 2.35. The largest absolute Gasteiger partial charge is 0.393 e. The van der Waals surface area contributed by atoms with Crippen molar-refractivity contribution in [3.63, 3.8) is 0 Å². The second-order valence-electron chi connectivity index (χ2n) is 20.5. The fourth-order valence-electron chi connectivity index (χ4n) is 8.13. The molecule has 414 valence electrons. The minimum Gasteiger partial charge on any atom is -0.393 e. The lowest BCUT2D eigenvalue weighted by Crippen LogP contribution is -2.60. The normalized spacial score (nSPS) is 23.9. The third-order valence-corrected chi connectivity index (χ3v) is 12.4. The summed E-state index contributed by atoms with van der Waals surface area (Å²) in [4.78, 5) is 125. The van der Waals surface area contributed by atoms with Gasteiger partial charge in [-0.25, -0.2) is 0 Å². The number of nitrogens with two attached hydrogens (primary N) is 4. The van der Waals surface area contributed by atoms with E-state index in [1.165, 1.54) is 0 Å². The first-order valence-corrected chi connectivity index (χ1v) is 26.2. The van der Waals surface area contributed by atoms with Crippen molar-refractivity contribution in [3.05, 3.63) is 0 Å². The zero-order chi connectivity index (χ0) is 54.5. The van der Waals surface area contributed by atoms with Gasteiger partial charge in [0.05, 0.1) is 12.5 Å². The van der Waals surface area contributed by atoms with Gasteiger partial charge < -0.3 is 75.9 Å². The molecule has 1 fully saturated rings. The fourth-order valence-corrected chi connectivity index (χ4v) is 8.13. The van der Waals surface area contributed by atoms with Crippen LogP contribution in [0.15, 0.2) is 0 Å². The van der Waals surface area contributed by atoms with Gasteiger partial charge in [0, 0.05) is 6.54 Å². The monoisotopic (exact) mass is 1020 g/mol. The molecule has 0 saturated carbocycles. The lowest BCUT2D eigenvalue weighted by molar-refractivity contribution is -0.136. The second kappa shape index (κ2) is 35.2. The Hall–Kier alpha value is -4.97. The first-order valence-electron chi connectivity index (χ1n) is 26.2. The molecular formula is C49H93N13O10. The van der Waals surface area contributed by atoms with Crippen LogP contribution in [0.4, 0.5) is 0 Å². The Balaban J connectivity index is 3.79. The average Bonchev–Trinajstić information content (AvgIpc) is 3.30. The van der Waals surface area contributed by atoms with E-state index in [2.05, 4.69) is 61.7 Å². The zero-order valence-electron chi connectivity index (χ0n) is 44.4. The van der Waals surface area contributed by atoms with E-state index in [1.54, 1.807) is 0 Å². The molecule has 1 saturated heterocycles. The van der Waals surface area contributed by atoms with Crippen LogP contribution in [0, 0.1) is 23.7 Å². The first-order chi connectivity index (χ1) is 34.0. The molecule has 1 aliphatic heterocycles. The molecule has 0 bridgehead atoms. The maximum Gasteiger partial charge on any atom is 0.243 e. The molecule has 10 atom stereocenters. The summed E-state index contributed by atoms with van der Waals surface area (Å²) in [5, 5.41) is 34.7. The van der Waals surface area contributed by atoms with Gasteiger partial charge in [-0.15, -0.1) is 0 Å². The Bertz CT molecular complexity index is 1720. The van der Waals surface area contributed by atoms with E-state index in [9.17, 15) is 48.3 Å². The topological polar surface area (TPSA) is 386 Å². The first kappa shape index (κ1) is 65.0. The average molecular weight is 1020 g/mol. The summed E-state index contributed by atoms with van der Waals surface area (Å²) in [6.07, 6.45) is 2.74. The van der Waals surface area contributed by atoms with Crippen LogP contribution < -0.4 is 70.8 Å². The highest BCUT2D eigenvalue weighted by Crippen LogP contribution is 2.15. The summed E-state index contributed by atoms with van der Waals surface area (Å²) in [6, 6.07) is -10.1. The molecule has 0 spiro atoms. The Kier molecular flexibility index (Phi) is 31.8. The Labute approximate surface area is 427 Å². The van der Waals surface area contributed by atoms with Crippen molar-refractivity contribution in [1.29, 1.82) is 0 Å². The number of carbonyl (C=O) groups excluding carboxylic acids is 9. The van der Waals surface area contributed by atoms with Crippen molar-refractivity contribution < 1.29 is 48.3 Å². The van der Waals surface area contributed by atoms with E-state index in [0.717, 1.165) is 25.7 Å². The number of hydrogen-bond acceptors (Lipinski definition) is 14. The molecule has 1 heterocycles. The predicted molar refractivity (Wildman–Crippen MR) is 275 cm³/mol. The van der Waals surface area contributed by atoms with Gasteiger partial charge in [0.15, 0.2) is 0 Å². The Morgan fingerprint density at radius 2 is 0.944 bits per heavy atom. The molecule has 23 nitrogen and oxygen atoms in total. The molecular weight excluding hydrogens is 931 g/mol. The fraction of sp³-hybridized carbons (Fsp3) is 0.816. The SMILES string of the molecule is CC[C@H](C)CCCC[C@@H](O)CC(=O)N[C@H](CCN)C(=O)N[C@H]1CCNC(=O)[C@H](CC(C)C)NC(=O)[C@H](CCN)NC(=O)[C@H](CCN)NC(=O)[C@H](CC(C)C)NC(=O)[C@@H](CC(C)C)NC(=O)[C@H](CCN)NC1=O. The molecule has 9 amide bonds. The van der Waals surface area contributed by atoms with Crippen LogP contribution in [0.5, 0.6) is 0 Å². The van der Waals surface area contributed by atoms with Crippen molar-refractivity contribution in [2.75, 3.05) is 32.7 Å². The standard InChI is InChI=1S/C49H93N13O10/c1-9-31(8)12-10-11-13-32(63)27-41(64)55-33(14-19-50)43(66)59-37-18-23-54-42(65)38(24-28(2)3)60-45(68)35(16-21-52)56-44(67)34(15-20-51)58-48(71)39(25-29(4)5)62-49(72)40(26-30(6)7)61-46(69)36(17-22-53)57-47(37)70/h28-40,63H,9-27,50-53H2,1-8H3,(H,54,65)(H,55,64)(H,56,67)(H,57,70)(H,58,71)(H,59,66)(H,60,68)(H,61,69)(H,62,72)/t31-,32+,33+,34-,35-,36-,37-,38-,39-,40+/m0/s1. The minimum atomic E-state index is -1.45. The number of nitrogens with one attached hydrogen (secondary N) is 9. The Morgan fingerprint density at radius 1 is 0.556 bits per heavy atom.